The fourth-order valence-electron chi connectivity index (χ4n) is 3.98. The molecular weight excluding hydrogens is 467 g/mol. The van der Waals surface area contributed by atoms with Gasteiger partial charge >= 0.3 is 7.82 Å². The van der Waals surface area contributed by atoms with Crippen molar-refractivity contribution >= 4 is 35.3 Å². The molecule has 1 aromatic heterocycles. The number of nitrogens with one attached hydrogen (secondary N) is 1. The molecule has 2 heterocycles. The summed E-state index contributed by atoms with van der Waals surface area (Å²) in [4.78, 5) is 25.4. The SMILES string of the molecule is NC(=O)c1cc[nH+]cc1.O.O=P1([O-])Oc2ccc3ccccc3c2-c2c(ccc3ccccc23)O1. The van der Waals surface area contributed by atoms with Crippen LogP contribution in [0.2, 0.25) is 0 Å². The Morgan fingerprint density at radius 2 is 1.20 bits per heavy atom. The summed E-state index contributed by atoms with van der Waals surface area (Å²) >= 11 is 0. The first-order chi connectivity index (χ1) is 16.4. The molecule has 1 aliphatic heterocycles. The van der Waals surface area contributed by atoms with Gasteiger partial charge in [0.05, 0.1) is 5.56 Å². The van der Waals surface area contributed by atoms with Crippen molar-refractivity contribution in [3.8, 4) is 22.6 Å². The Labute approximate surface area is 200 Å². The van der Waals surface area contributed by atoms with Crippen molar-refractivity contribution in [1.82, 2.24) is 0 Å². The number of H-pyrrole nitrogens is 1. The molecule has 5 aromatic rings. The zero-order valence-corrected chi connectivity index (χ0v) is 19.2. The molecule has 0 unspecified atom stereocenters. The minimum Gasteiger partial charge on any atom is -0.736 e. The standard InChI is InChI=1S/C20H13O4P.C6H6N2O.H2O/c21-25(22)23-17-11-9-13-5-1-3-7-15(13)19(17)20-16-8-4-2-6-14(16)10-12-18(20)24-25;7-6(9)5-1-3-8-4-2-5;/h1-12H,(H,21,22);1-4H,(H2,7,9);1H2. The lowest BCUT2D eigenvalue weighted by molar-refractivity contribution is -0.378. The number of fused-ring (bicyclic) bond motifs is 7. The maximum Gasteiger partial charge on any atom is 0.372 e. The van der Waals surface area contributed by atoms with E-state index in [0.29, 0.717) is 5.56 Å². The Balaban J connectivity index is 0.000000247. The van der Waals surface area contributed by atoms with Crippen LogP contribution in [-0.2, 0) is 4.57 Å². The number of hydrogen-bond acceptors (Lipinski definition) is 5. The van der Waals surface area contributed by atoms with Gasteiger partial charge in [-0.05, 0) is 33.7 Å². The first-order valence-corrected chi connectivity index (χ1v) is 11.9. The number of phosphoric ester groups is 1. The second-order valence-corrected chi connectivity index (χ2v) is 8.86. The van der Waals surface area contributed by atoms with Crippen molar-refractivity contribution in [1.29, 1.82) is 0 Å². The molecule has 0 radical (unpaired) electrons. The molecule has 0 bridgehead atoms. The van der Waals surface area contributed by atoms with Gasteiger partial charge in [-0.25, -0.2) is 9.55 Å². The number of amides is 1. The van der Waals surface area contributed by atoms with Crippen LogP contribution in [0.1, 0.15) is 10.4 Å². The van der Waals surface area contributed by atoms with Crippen LogP contribution in [-0.4, -0.2) is 11.4 Å². The van der Waals surface area contributed by atoms with Gasteiger partial charge in [0, 0.05) is 23.3 Å². The Kier molecular flexibility index (Phi) is 6.53. The van der Waals surface area contributed by atoms with Crippen molar-refractivity contribution in [3.05, 3.63) is 103 Å². The maximum absolute atomic E-state index is 12.3. The molecule has 0 saturated heterocycles. The van der Waals surface area contributed by atoms with Crippen LogP contribution in [0.5, 0.6) is 11.5 Å². The van der Waals surface area contributed by atoms with E-state index in [-0.39, 0.29) is 17.0 Å². The van der Waals surface area contributed by atoms with Crippen LogP contribution in [0, 0.1) is 0 Å². The number of carbonyl (C=O) groups is 1. The predicted octanol–water partition coefficient (Wildman–Crippen LogP) is 3.67. The molecular formula is C26H21N2O6P. The molecule has 1 amide bonds. The minimum atomic E-state index is -4.50. The van der Waals surface area contributed by atoms with Gasteiger partial charge < -0.3 is 25.2 Å². The molecule has 1 aliphatic rings. The lowest BCUT2D eigenvalue weighted by Gasteiger charge is -2.21. The topological polar surface area (TPSA) is 147 Å². The molecule has 176 valence electrons. The maximum atomic E-state index is 12.3. The number of primary amides is 1. The number of aromatic amines is 1. The molecule has 0 spiro atoms. The number of nitrogens with two attached hydrogens (primary N) is 1. The predicted molar refractivity (Wildman–Crippen MR) is 131 cm³/mol. The fourth-order valence-corrected chi connectivity index (χ4v) is 4.81. The van der Waals surface area contributed by atoms with Gasteiger partial charge in [0.2, 0.25) is 5.91 Å². The Morgan fingerprint density at radius 3 is 1.63 bits per heavy atom. The van der Waals surface area contributed by atoms with Crippen molar-refractivity contribution in [2.24, 2.45) is 5.73 Å². The molecule has 0 fully saturated rings. The van der Waals surface area contributed by atoms with Gasteiger partial charge in [0.15, 0.2) is 12.4 Å². The molecule has 0 aliphatic carbocycles. The van der Waals surface area contributed by atoms with E-state index in [4.69, 9.17) is 14.8 Å². The zero-order chi connectivity index (χ0) is 23.7. The third-order valence-electron chi connectivity index (χ3n) is 5.45. The Morgan fingerprint density at radius 1 is 0.743 bits per heavy atom. The summed E-state index contributed by atoms with van der Waals surface area (Å²) in [5, 5.41) is 3.85. The van der Waals surface area contributed by atoms with E-state index in [1.165, 1.54) is 0 Å². The number of carbonyl (C=O) groups excluding carboxylic acids is 1. The van der Waals surface area contributed by atoms with E-state index in [1.54, 1.807) is 36.7 Å². The van der Waals surface area contributed by atoms with E-state index in [9.17, 15) is 14.3 Å². The van der Waals surface area contributed by atoms with Crippen LogP contribution < -0.4 is 24.7 Å². The van der Waals surface area contributed by atoms with Gasteiger partial charge in [-0.2, -0.15) is 0 Å². The molecule has 0 atom stereocenters. The quantitative estimate of drug-likeness (QED) is 0.358. The van der Waals surface area contributed by atoms with E-state index >= 15 is 0 Å². The molecule has 4 aromatic carbocycles. The van der Waals surface area contributed by atoms with Crippen LogP contribution >= 0.6 is 7.82 Å². The molecule has 0 saturated carbocycles. The smallest absolute Gasteiger partial charge is 0.372 e. The summed E-state index contributed by atoms with van der Waals surface area (Å²) in [7, 11) is -4.50. The van der Waals surface area contributed by atoms with Crippen molar-refractivity contribution < 1.29 is 33.8 Å². The minimum absolute atomic E-state index is 0. The lowest BCUT2D eigenvalue weighted by atomic mass is 9.92. The third-order valence-corrected chi connectivity index (χ3v) is 6.30. The molecule has 8 nitrogen and oxygen atoms in total. The normalized spacial score (nSPS) is 12.9. The number of rotatable bonds is 1. The number of hydrogen-bond donors (Lipinski definition) is 1. The lowest BCUT2D eigenvalue weighted by Crippen LogP contribution is -2.12. The first kappa shape index (κ1) is 23.9. The van der Waals surface area contributed by atoms with Crippen LogP contribution in [0.4, 0.5) is 0 Å². The molecule has 6 rings (SSSR count). The highest BCUT2D eigenvalue weighted by Gasteiger charge is 2.27. The second-order valence-electron chi connectivity index (χ2n) is 7.60. The highest BCUT2D eigenvalue weighted by molar-refractivity contribution is 7.46. The van der Waals surface area contributed by atoms with Gasteiger partial charge in [-0.3, -0.25) is 4.79 Å². The average Bonchev–Trinajstić information content (AvgIpc) is 2.97. The Bertz CT molecular complexity index is 1500. The summed E-state index contributed by atoms with van der Waals surface area (Å²) in [6, 6.07) is 26.0. The third kappa shape index (κ3) is 4.72. The first-order valence-electron chi connectivity index (χ1n) is 10.4. The summed E-state index contributed by atoms with van der Waals surface area (Å²) in [6.45, 7) is 0. The summed E-state index contributed by atoms with van der Waals surface area (Å²) < 4.78 is 22.8. The number of phosphoric acid groups is 1. The highest BCUT2D eigenvalue weighted by Crippen LogP contribution is 2.55. The van der Waals surface area contributed by atoms with Gasteiger partial charge in [0.1, 0.15) is 11.5 Å². The number of benzene rings is 4. The summed E-state index contributed by atoms with van der Waals surface area (Å²) in [5.74, 6) is 0.170. The largest absolute Gasteiger partial charge is 0.736 e. The number of aromatic nitrogens is 1. The van der Waals surface area contributed by atoms with E-state index in [1.807, 2.05) is 60.7 Å². The number of pyridine rings is 1. The summed E-state index contributed by atoms with van der Waals surface area (Å²) in [6.07, 6.45) is 3.31. The van der Waals surface area contributed by atoms with Crippen molar-refractivity contribution in [3.63, 3.8) is 0 Å². The van der Waals surface area contributed by atoms with E-state index < -0.39 is 13.7 Å². The van der Waals surface area contributed by atoms with E-state index in [2.05, 4.69) is 4.98 Å². The van der Waals surface area contributed by atoms with Gasteiger partial charge in [-0.1, -0.05) is 60.7 Å². The average molecular weight is 488 g/mol. The fraction of sp³-hybridized carbons (Fsp3) is 0. The highest BCUT2D eigenvalue weighted by atomic mass is 31.2. The van der Waals surface area contributed by atoms with E-state index in [0.717, 1.165) is 32.7 Å². The summed E-state index contributed by atoms with van der Waals surface area (Å²) in [5.41, 5.74) is 6.95. The molecule has 5 N–H and O–H groups in total. The molecule has 35 heavy (non-hydrogen) atoms. The van der Waals surface area contributed by atoms with Crippen LogP contribution in [0.3, 0.4) is 0 Å². The zero-order valence-electron chi connectivity index (χ0n) is 18.3. The molecule has 9 heteroatoms. The van der Waals surface area contributed by atoms with Crippen LogP contribution in [0.25, 0.3) is 32.7 Å². The van der Waals surface area contributed by atoms with Crippen molar-refractivity contribution in [2.75, 3.05) is 0 Å². The van der Waals surface area contributed by atoms with Gasteiger partial charge in [0.25, 0.3) is 0 Å². The van der Waals surface area contributed by atoms with Crippen LogP contribution in [0.15, 0.2) is 97.3 Å². The monoisotopic (exact) mass is 488 g/mol. The Hall–Kier alpha value is -4.23. The van der Waals surface area contributed by atoms with Gasteiger partial charge in [-0.15, -0.1) is 0 Å². The van der Waals surface area contributed by atoms with Crippen molar-refractivity contribution in [2.45, 2.75) is 0 Å². The second kappa shape index (κ2) is 9.56.